The molecule has 0 unspecified atom stereocenters. The summed E-state index contributed by atoms with van der Waals surface area (Å²) in [7, 11) is 1.94. The van der Waals surface area contributed by atoms with Crippen LogP contribution in [0.4, 0.5) is 0 Å². The third-order valence-electron chi connectivity index (χ3n) is 3.19. The number of hydrogen-bond donors (Lipinski definition) is 1. The van der Waals surface area contributed by atoms with Crippen molar-refractivity contribution in [1.29, 1.82) is 0 Å². The zero-order chi connectivity index (χ0) is 13.9. The average molecular weight is 286 g/mol. The molecule has 0 amide bonds. The summed E-state index contributed by atoms with van der Waals surface area (Å²) in [5.41, 5.74) is 2.11. The van der Waals surface area contributed by atoms with Crippen LogP contribution in [0.15, 0.2) is 36.8 Å². The maximum absolute atomic E-state index is 5.30. The van der Waals surface area contributed by atoms with E-state index in [1.807, 2.05) is 34.5 Å². The lowest BCUT2D eigenvalue weighted by Gasteiger charge is -2.07. The van der Waals surface area contributed by atoms with Crippen LogP contribution < -0.4 is 0 Å². The molecule has 0 spiro atoms. The molecule has 0 aliphatic carbocycles. The molecule has 0 aliphatic heterocycles. The van der Waals surface area contributed by atoms with Crippen LogP contribution in [0.1, 0.15) is 5.69 Å². The van der Waals surface area contributed by atoms with Crippen molar-refractivity contribution in [2.45, 2.75) is 13.0 Å². The fourth-order valence-electron chi connectivity index (χ4n) is 2.11. The topological polar surface area (TPSA) is 64.3 Å². The van der Waals surface area contributed by atoms with Gasteiger partial charge in [-0.1, -0.05) is 0 Å². The summed E-state index contributed by atoms with van der Waals surface area (Å²) in [6, 6.07) is 5.87. The Hall–Kier alpha value is -2.28. The Morgan fingerprint density at radius 2 is 2.20 bits per heavy atom. The van der Waals surface area contributed by atoms with Gasteiger partial charge in [-0.2, -0.15) is 10.2 Å². The van der Waals surface area contributed by atoms with Gasteiger partial charge in [-0.05, 0) is 30.4 Å². The summed E-state index contributed by atoms with van der Waals surface area (Å²) < 4.78 is 4.47. The number of rotatable bonds is 4. The third-order valence-corrected chi connectivity index (χ3v) is 3.50. The largest absolute Gasteiger partial charge is 0.300 e. The Balaban J connectivity index is 1.89. The number of pyridine rings is 1. The molecule has 0 saturated heterocycles. The van der Waals surface area contributed by atoms with Crippen LogP contribution in [0.5, 0.6) is 0 Å². The molecule has 1 N–H and O–H groups in total. The maximum Gasteiger partial charge on any atom is 0.195 e. The van der Waals surface area contributed by atoms with Crippen molar-refractivity contribution in [2.24, 2.45) is 7.05 Å². The highest BCUT2D eigenvalue weighted by atomic mass is 32.1. The number of hydrogen-bond acceptors (Lipinski definition) is 4. The SMILES string of the molecule is Cn1nccc1CCn1c(-c2cccnc2)n[nH]c1=S. The monoisotopic (exact) mass is 286 g/mol. The van der Waals surface area contributed by atoms with Crippen molar-refractivity contribution in [3.8, 4) is 11.4 Å². The van der Waals surface area contributed by atoms with Gasteiger partial charge >= 0.3 is 0 Å². The highest BCUT2D eigenvalue weighted by Gasteiger charge is 2.09. The average Bonchev–Trinajstić information content (AvgIpc) is 3.04. The molecule has 6 nitrogen and oxygen atoms in total. The molecule has 3 aromatic heterocycles. The van der Waals surface area contributed by atoms with Crippen LogP contribution in [0, 0.1) is 4.77 Å². The van der Waals surface area contributed by atoms with Gasteiger partial charge in [0.05, 0.1) is 0 Å². The second-order valence-corrected chi connectivity index (χ2v) is 4.83. The first-order chi connectivity index (χ1) is 9.75. The second kappa shape index (κ2) is 5.38. The molecule has 3 heterocycles. The Kier molecular flexibility index (Phi) is 3.42. The summed E-state index contributed by atoms with van der Waals surface area (Å²) in [5.74, 6) is 0.810. The van der Waals surface area contributed by atoms with Crippen LogP contribution >= 0.6 is 12.2 Å². The van der Waals surface area contributed by atoms with Crippen molar-refractivity contribution in [2.75, 3.05) is 0 Å². The maximum atomic E-state index is 5.30. The zero-order valence-corrected chi connectivity index (χ0v) is 11.8. The van der Waals surface area contributed by atoms with Crippen molar-refractivity contribution < 1.29 is 0 Å². The molecule has 0 aromatic carbocycles. The molecule has 0 bridgehead atoms. The molecule has 0 saturated carbocycles. The van der Waals surface area contributed by atoms with Gasteiger partial charge in [-0.25, -0.2) is 0 Å². The number of nitrogens with one attached hydrogen (secondary N) is 1. The minimum absolute atomic E-state index is 0.617. The minimum atomic E-state index is 0.617. The molecule has 7 heteroatoms. The summed E-state index contributed by atoms with van der Waals surface area (Å²) >= 11 is 5.30. The first-order valence-corrected chi connectivity index (χ1v) is 6.69. The molecule has 20 heavy (non-hydrogen) atoms. The summed E-state index contributed by atoms with van der Waals surface area (Å²) in [4.78, 5) is 4.12. The van der Waals surface area contributed by atoms with E-state index in [-0.39, 0.29) is 0 Å². The number of nitrogens with zero attached hydrogens (tertiary/aromatic N) is 5. The highest BCUT2D eigenvalue weighted by molar-refractivity contribution is 7.71. The van der Waals surface area contributed by atoms with Crippen molar-refractivity contribution in [3.63, 3.8) is 0 Å². The van der Waals surface area contributed by atoms with E-state index >= 15 is 0 Å². The molecule has 0 radical (unpaired) electrons. The molecule has 0 atom stereocenters. The van der Waals surface area contributed by atoms with E-state index in [4.69, 9.17) is 12.2 Å². The van der Waals surface area contributed by atoms with E-state index in [1.165, 1.54) is 0 Å². The molecule has 0 fully saturated rings. The Labute approximate surface area is 121 Å². The van der Waals surface area contributed by atoms with E-state index in [0.29, 0.717) is 4.77 Å². The van der Waals surface area contributed by atoms with E-state index in [1.54, 1.807) is 18.6 Å². The van der Waals surface area contributed by atoms with Crippen LogP contribution in [-0.4, -0.2) is 29.5 Å². The van der Waals surface area contributed by atoms with Crippen LogP contribution in [-0.2, 0) is 20.0 Å². The van der Waals surface area contributed by atoms with Crippen molar-refractivity contribution >= 4 is 12.2 Å². The number of aromatic nitrogens is 6. The lowest BCUT2D eigenvalue weighted by atomic mass is 10.2. The molecule has 3 rings (SSSR count). The van der Waals surface area contributed by atoms with E-state index < -0.39 is 0 Å². The molecule has 102 valence electrons. The number of H-pyrrole nitrogens is 1. The summed E-state index contributed by atoms with van der Waals surface area (Å²) in [6.07, 6.45) is 6.17. The van der Waals surface area contributed by atoms with E-state index in [2.05, 4.69) is 20.3 Å². The summed E-state index contributed by atoms with van der Waals surface area (Å²) in [6.45, 7) is 0.749. The predicted molar refractivity (Wildman–Crippen MR) is 77.6 cm³/mol. The second-order valence-electron chi connectivity index (χ2n) is 4.44. The van der Waals surface area contributed by atoms with Crippen LogP contribution in [0.25, 0.3) is 11.4 Å². The first kappa shape index (κ1) is 12.7. The Morgan fingerprint density at radius 3 is 2.90 bits per heavy atom. The molecule has 3 aromatic rings. The van der Waals surface area contributed by atoms with Gasteiger partial charge in [0.15, 0.2) is 10.6 Å². The van der Waals surface area contributed by atoms with E-state index in [9.17, 15) is 0 Å². The van der Waals surface area contributed by atoms with Gasteiger partial charge in [-0.15, -0.1) is 0 Å². The predicted octanol–water partition coefficient (Wildman–Crippen LogP) is 1.98. The Morgan fingerprint density at radius 1 is 1.30 bits per heavy atom. The van der Waals surface area contributed by atoms with Gasteiger partial charge in [-0.3, -0.25) is 19.3 Å². The quantitative estimate of drug-likeness (QED) is 0.745. The first-order valence-electron chi connectivity index (χ1n) is 6.28. The Bertz CT molecular complexity index is 755. The fraction of sp³-hybridized carbons (Fsp3) is 0.231. The van der Waals surface area contributed by atoms with Gasteiger partial charge in [0.25, 0.3) is 0 Å². The van der Waals surface area contributed by atoms with Gasteiger partial charge < -0.3 is 0 Å². The highest BCUT2D eigenvalue weighted by Crippen LogP contribution is 2.16. The van der Waals surface area contributed by atoms with Crippen molar-refractivity contribution in [1.82, 2.24) is 29.5 Å². The summed E-state index contributed by atoms with van der Waals surface area (Å²) in [5, 5.41) is 11.3. The standard InChI is InChI=1S/C13H14N6S/c1-18-11(4-7-15-18)5-8-19-12(16-17-13(19)20)10-3-2-6-14-9-10/h2-4,6-7,9H,5,8H2,1H3,(H,17,20). The zero-order valence-electron chi connectivity index (χ0n) is 11.0. The van der Waals surface area contributed by atoms with Crippen LogP contribution in [0.2, 0.25) is 0 Å². The van der Waals surface area contributed by atoms with E-state index in [0.717, 1.165) is 30.0 Å². The lowest BCUT2D eigenvalue weighted by Crippen LogP contribution is -2.07. The van der Waals surface area contributed by atoms with Gasteiger partial charge in [0, 0.05) is 49.9 Å². The fourth-order valence-corrected chi connectivity index (χ4v) is 2.34. The smallest absolute Gasteiger partial charge is 0.195 e. The molecule has 0 aliphatic rings. The normalized spacial score (nSPS) is 10.8. The lowest BCUT2D eigenvalue weighted by molar-refractivity contribution is 0.634. The number of aromatic amines is 1. The minimum Gasteiger partial charge on any atom is -0.300 e. The van der Waals surface area contributed by atoms with Gasteiger partial charge in [0.1, 0.15) is 0 Å². The van der Waals surface area contributed by atoms with Crippen LogP contribution in [0.3, 0.4) is 0 Å². The molecular formula is C13H14N6S. The number of aryl methyl sites for hydroxylation is 2. The van der Waals surface area contributed by atoms with Gasteiger partial charge in [0.2, 0.25) is 0 Å². The van der Waals surface area contributed by atoms with Crippen molar-refractivity contribution in [3.05, 3.63) is 47.3 Å². The molecular weight excluding hydrogens is 272 g/mol. The third kappa shape index (κ3) is 2.39.